The summed E-state index contributed by atoms with van der Waals surface area (Å²) in [4.78, 5) is 11.5. The highest BCUT2D eigenvalue weighted by atomic mass is 19.4. The van der Waals surface area contributed by atoms with E-state index in [-0.39, 0.29) is 18.1 Å². The number of hydrogen-bond donors (Lipinski definition) is 0. The predicted molar refractivity (Wildman–Crippen MR) is 52.9 cm³/mol. The summed E-state index contributed by atoms with van der Waals surface area (Å²) < 4.78 is 37.2. The van der Waals surface area contributed by atoms with Gasteiger partial charge in [0, 0.05) is 12.3 Å². The van der Waals surface area contributed by atoms with Crippen LogP contribution in [0.4, 0.5) is 13.2 Å². The third-order valence-corrected chi connectivity index (χ3v) is 2.67. The minimum atomic E-state index is -4.33. The van der Waals surface area contributed by atoms with Crippen molar-refractivity contribution in [2.75, 3.05) is 0 Å². The van der Waals surface area contributed by atoms with Crippen LogP contribution in [0.2, 0.25) is 0 Å². The minimum absolute atomic E-state index is 0.0549. The van der Waals surface area contributed by atoms with E-state index >= 15 is 0 Å². The highest BCUT2D eigenvalue weighted by Gasteiger charge is 2.32. The van der Waals surface area contributed by atoms with Crippen LogP contribution < -0.4 is 0 Å². The fourth-order valence-corrected chi connectivity index (χ4v) is 1.61. The van der Waals surface area contributed by atoms with E-state index in [1.807, 2.05) is 0 Å². The Morgan fingerprint density at radius 2 is 2.00 bits per heavy atom. The lowest BCUT2D eigenvalue weighted by molar-refractivity contribution is -0.137. The van der Waals surface area contributed by atoms with Crippen molar-refractivity contribution < 1.29 is 18.0 Å². The fourth-order valence-electron chi connectivity index (χ4n) is 1.61. The van der Waals surface area contributed by atoms with Crippen LogP contribution in [0, 0.1) is 5.92 Å². The number of Topliss-reactive ketones (excluding diaryl/α,β-unsaturated/α-hetero) is 1. The van der Waals surface area contributed by atoms with Crippen molar-refractivity contribution in [2.45, 2.75) is 25.4 Å². The number of ketones is 1. The first kappa shape index (κ1) is 11.2. The van der Waals surface area contributed by atoms with Gasteiger partial charge in [0.05, 0.1) is 5.56 Å². The molecule has 0 atom stereocenters. The van der Waals surface area contributed by atoms with Crippen molar-refractivity contribution in [2.24, 2.45) is 5.92 Å². The van der Waals surface area contributed by atoms with Crippen LogP contribution in [0.1, 0.15) is 24.0 Å². The Bertz CT molecular complexity index is 405. The average Bonchev–Trinajstić information content (AvgIpc) is 2.99. The number of benzene rings is 1. The van der Waals surface area contributed by atoms with Crippen LogP contribution in [0.3, 0.4) is 0 Å². The maximum absolute atomic E-state index is 12.4. The van der Waals surface area contributed by atoms with E-state index in [4.69, 9.17) is 0 Å². The van der Waals surface area contributed by atoms with Gasteiger partial charge < -0.3 is 0 Å². The summed E-state index contributed by atoms with van der Waals surface area (Å²) in [5, 5.41) is 0. The molecule has 86 valence electrons. The van der Waals surface area contributed by atoms with E-state index in [9.17, 15) is 18.0 Å². The summed E-state index contributed by atoms with van der Waals surface area (Å²) in [5.41, 5.74) is -0.236. The maximum Gasteiger partial charge on any atom is 0.416 e. The van der Waals surface area contributed by atoms with Crippen molar-refractivity contribution in [1.82, 2.24) is 0 Å². The van der Waals surface area contributed by atoms with Crippen molar-refractivity contribution in [3.8, 4) is 0 Å². The van der Waals surface area contributed by atoms with Gasteiger partial charge in [-0.1, -0.05) is 18.2 Å². The van der Waals surface area contributed by atoms with Gasteiger partial charge in [-0.2, -0.15) is 13.2 Å². The van der Waals surface area contributed by atoms with Crippen LogP contribution in [-0.4, -0.2) is 5.78 Å². The molecule has 0 N–H and O–H groups in total. The Labute approximate surface area is 91.3 Å². The van der Waals surface area contributed by atoms with Crippen LogP contribution in [-0.2, 0) is 17.4 Å². The van der Waals surface area contributed by atoms with Gasteiger partial charge in [0.1, 0.15) is 5.78 Å². The summed E-state index contributed by atoms with van der Waals surface area (Å²) >= 11 is 0. The first-order chi connectivity index (χ1) is 7.47. The van der Waals surface area contributed by atoms with Gasteiger partial charge >= 0.3 is 6.18 Å². The van der Waals surface area contributed by atoms with Crippen LogP contribution in [0.15, 0.2) is 24.3 Å². The quantitative estimate of drug-likeness (QED) is 0.776. The van der Waals surface area contributed by atoms with Gasteiger partial charge in [-0.15, -0.1) is 0 Å². The molecular weight excluding hydrogens is 217 g/mol. The third kappa shape index (κ3) is 2.62. The van der Waals surface area contributed by atoms with Crippen LogP contribution >= 0.6 is 0 Å². The van der Waals surface area contributed by atoms with E-state index in [0.717, 1.165) is 25.0 Å². The lowest BCUT2D eigenvalue weighted by Crippen LogP contribution is -2.08. The van der Waals surface area contributed by atoms with E-state index in [0.29, 0.717) is 5.56 Å². The molecule has 1 aliphatic rings. The molecule has 1 aromatic carbocycles. The smallest absolute Gasteiger partial charge is 0.299 e. The van der Waals surface area contributed by atoms with Crippen molar-refractivity contribution in [3.05, 3.63) is 35.4 Å². The van der Waals surface area contributed by atoms with Gasteiger partial charge in [-0.3, -0.25) is 4.79 Å². The van der Waals surface area contributed by atoms with E-state index in [2.05, 4.69) is 0 Å². The highest BCUT2D eigenvalue weighted by molar-refractivity contribution is 5.85. The summed E-state index contributed by atoms with van der Waals surface area (Å²) in [6, 6.07) is 4.99. The number of alkyl halides is 3. The third-order valence-electron chi connectivity index (χ3n) is 2.67. The zero-order valence-electron chi connectivity index (χ0n) is 8.55. The predicted octanol–water partition coefficient (Wildman–Crippen LogP) is 3.23. The second kappa shape index (κ2) is 3.92. The number of halogens is 3. The van der Waals surface area contributed by atoms with Gasteiger partial charge in [-0.25, -0.2) is 0 Å². The standard InChI is InChI=1S/C12H11F3O/c13-12(14,15)10-3-1-2-8(6-10)7-11(16)9-4-5-9/h1-3,6,9H,4-5,7H2. The molecule has 0 radical (unpaired) electrons. The molecule has 1 aliphatic carbocycles. The van der Waals surface area contributed by atoms with Crippen LogP contribution in [0.25, 0.3) is 0 Å². The van der Waals surface area contributed by atoms with E-state index in [1.54, 1.807) is 6.07 Å². The molecule has 0 spiro atoms. The first-order valence-electron chi connectivity index (χ1n) is 5.15. The molecule has 0 bridgehead atoms. The summed E-state index contributed by atoms with van der Waals surface area (Å²) in [6.45, 7) is 0. The summed E-state index contributed by atoms with van der Waals surface area (Å²) in [6.07, 6.45) is -2.44. The summed E-state index contributed by atoms with van der Waals surface area (Å²) in [7, 11) is 0. The maximum atomic E-state index is 12.4. The molecule has 1 saturated carbocycles. The Balaban J connectivity index is 2.12. The second-order valence-electron chi connectivity index (χ2n) is 4.12. The van der Waals surface area contributed by atoms with Gasteiger partial charge in [-0.05, 0) is 24.5 Å². The van der Waals surface area contributed by atoms with Gasteiger partial charge in [0.25, 0.3) is 0 Å². The molecule has 0 aromatic heterocycles. The van der Waals surface area contributed by atoms with E-state index < -0.39 is 11.7 Å². The Morgan fingerprint density at radius 1 is 1.31 bits per heavy atom. The lowest BCUT2D eigenvalue weighted by atomic mass is 10.0. The molecular formula is C12H11F3O. The topological polar surface area (TPSA) is 17.1 Å². The fraction of sp³-hybridized carbons (Fsp3) is 0.417. The minimum Gasteiger partial charge on any atom is -0.299 e. The first-order valence-corrected chi connectivity index (χ1v) is 5.15. The SMILES string of the molecule is O=C(Cc1cccc(C(F)(F)F)c1)C1CC1. The van der Waals surface area contributed by atoms with Gasteiger partial charge in [0.2, 0.25) is 0 Å². The lowest BCUT2D eigenvalue weighted by Gasteiger charge is -2.08. The molecule has 0 heterocycles. The molecule has 1 fully saturated rings. The number of carbonyl (C=O) groups excluding carboxylic acids is 1. The zero-order valence-corrected chi connectivity index (χ0v) is 8.55. The number of rotatable bonds is 3. The number of carbonyl (C=O) groups is 1. The summed E-state index contributed by atoms with van der Waals surface area (Å²) in [5.74, 6) is 0.147. The van der Waals surface area contributed by atoms with Crippen molar-refractivity contribution in [1.29, 1.82) is 0 Å². The van der Waals surface area contributed by atoms with Crippen LogP contribution in [0.5, 0.6) is 0 Å². The molecule has 4 heteroatoms. The monoisotopic (exact) mass is 228 g/mol. The normalized spacial score (nSPS) is 16.2. The molecule has 1 nitrogen and oxygen atoms in total. The van der Waals surface area contributed by atoms with Crippen molar-refractivity contribution >= 4 is 5.78 Å². The van der Waals surface area contributed by atoms with Gasteiger partial charge in [0.15, 0.2) is 0 Å². The molecule has 0 unspecified atom stereocenters. The zero-order chi connectivity index (χ0) is 11.8. The molecule has 2 rings (SSSR count). The average molecular weight is 228 g/mol. The Morgan fingerprint density at radius 3 is 2.56 bits per heavy atom. The highest BCUT2D eigenvalue weighted by Crippen LogP contribution is 2.32. The second-order valence-corrected chi connectivity index (χ2v) is 4.12. The number of hydrogen-bond acceptors (Lipinski definition) is 1. The largest absolute Gasteiger partial charge is 0.416 e. The Kier molecular flexibility index (Phi) is 2.74. The van der Waals surface area contributed by atoms with Crippen molar-refractivity contribution in [3.63, 3.8) is 0 Å². The molecule has 0 amide bonds. The molecule has 16 heavy (non-hydrogen) atoms. The Hall–Kier alpha value is -1.32. The molecule has 1 aromatic rings. The molecule has 0 aliphatic heterocycles. The molecule has 0 saturated heterocycles. The van der Waals surface area contributed by atoms with E-state index in [1.165, 1.54) is 6.07 Å².